The summed E-state index contributed by atoms with van der Waals surface area (Å²) in [6.45, 7) is 1.65. The average molecular weight is 236 g/mol. The van der Waals surface area contributed by atoms with Crippen LogP contribution in [0.5, 0.6) is 0 Å². The summed E-state index contributed by atoms with van der Waals surface area (Å²) in [5, 5.41) is 13.0. The number of carbonyl (C=O) groups is 1. The van der Waals surface area contributed by atoms with E-state index in [0.29, 0.717) is 0 Å². The van der Waals surface area contributed by atoms with Crippen molar-refractivity contribution in [3.63, 3.8) is 0 Å². The summed E-state index contributed by atoms with van der Waals surface area (Å²) < 4.78 is 12.9. The predicted octanol–water partition coefficient (Wildman–Crippen LogP) is 1.49. The summed E-state index contributed by atoms with van der Waals surface area (Å²) in [6, 6.07) is 2.71. The van der Waals surface area contributed by atoms with Gasteiger partial charge in [0.05, 0.1) is 11.5 Å². The molecule has 1 aromatic carbocycles. The van der Waals surface area contributed by atoms with Gasteiger partial charge < -0.3 is 5.32 Å². The Morgan fingerprint density at radius 3 is 2.88 bits per heavy atom. The van der Waals surface area contributed by atoms with E-state index in [4.69, 9.17) is 0 Å². The lowest BCUT2D eigenvalue weighted by molar-refractivity contribution is -0.385. The highest BCUT2D eigenvalue weighted by Gasteiger charge is 2.20. The number of carbonyl (C=O) groups excluding carboxylic acids is 1. The highest BCUT2D eigenvalue weighted by atomic mass is 19.1. The summed E-state index contributed by atoms with van der Waals surface area (Å²) in [7, 11) is 0. The molecule has 0 aliphatic carbocycles. The van der Waals surface area contributed by atoms with Gasteiger partial charge in [0.2, 0.25) is 0 Å². The molecule has 0 aromatic heterocycles. The minimum atomic E-state index is -0.736. The summed E-state index contributed by atoms with van der Waals surface area (Å²) in [5.74, 6) is 3.69. The summed E-state index contributed by atoms with van der Waals surface area (Å²) in [4.78, 5) is 21.5. The fraction of sp³-hybridized carbons (Fsp3) is 0.182. The Morgan fingerprint density at radius 2 is 2.29 bits per heavy atom. The van der Waals surface area contributed by atoms with E-state index in [0.717, 1.165) is 18.2 Å². The Morgan fingerprint density at radius 1 is 1.59 bits per heavy atom. The van der Waals surface area contributed by atoms with Crippen LogP contribution in [0.3, 0.4) is 0 Å². The number of hydrogen-bond donors (Lipinski definition) is 1. The molecule has 6 heteroatoms. The van der Waals surface area contributed by atoms with E-state index in [1.807, 2.05) is 0 Å². The maximum atomic E-state index is 12.9. The lowest BCUT2D eigenvalue weighted by Crippen LogP contribution is -2.24. The molecule has 5 nitrogen and oxygen atoms in total. The molecule has 1 N–H and O–H groups in total. The molecule has 0 radical (unpaired) electrons. The maximum Gasteiger partial charge on any atom is 0.282 e. The number of benzene rings is 1. The summed E-state index contributed by atoms with van der Waals surface area (Å²) in [6.07, 6.45) is 0. The third-order valence-electron chi connectivity index (χ3n) is 1.91. The topological polar surface area (TPSA) is 72.2 Å². The smallest absolute Gasteiger partial charge is 0.282 e. The molecule has 0 fully saturated rings. The quantitative estimate of drug-likeness (QED) is 0.491. The molecule has 0 saturated heterocycles. The van der Waals surface area contributed by atoms with Gasteiger partial charge in [-0.15, -0.1) is 5.92 Å². The average Bonchev–Trinajstić information content (AvgIpc) is 2.28. The largest absolute Gasteiger partial charge is 0.341 e. The van der Waals surface area contributed by atoms with E-state index >= 15 is 0 Å². The summed E-state index contributed by atoms with van der Waals surface area (Å²) in [5.41, 5.74) is -0.749. The van der Waals surface area contributed by atoms with Crippen LogP contribution < -0.4 is 5.32 Å². The Kier molecular flexibility index (Phi) is 4.17. The second-order valence-electron chi connectivity index (χ2n) is 3.03. The zero-order valence-electron chi connectivity index (χ0n) is 8.99. The van der Waals surface area contributed by atoms with Crippen molar-refractivity contribution in [2.75, 3.05) is 6.54 Å². The van der Waals surface area contributed by atoms with Crippen LogP contribution in [0.25, 0.3) is 0 Å². The van der Waals surface area contributed by atoms with Gasteiger partial charge in [-0.3, -0.25) is 14.9 Å². The zero-order chi connectivity index (χ0) is 12.8. The van der Waals surface area contributed by atoms with Gasteiger partial charge in [-0.1, -0.05) is 5.92 Å². The molecule has 0 aliphatic rings. The molecule has 0 atom stereocenters. The molecule has 17 heavy (non-hydrogen) atoms. The Hall–Kier alpha value is -2.42. The number of hydrogen-bond acceptors (Lipinski definition) is 3. The molecule has 1 rings (SSSR count). The van der Waals surface area contributed by atoms with Crippen molar-refractivity contribution < 1.29 is 14.1 Å². The molecular weight excluding hydrogens is 227 g/mol. The first kappa shape index (κ1) is 12.6. The molecule has 1 aromatic rings. The van der Waals surface area contributed by atoms with E-state index < -0.39 is 22.3 Å². The van der Waals surface area contributed by atoms with Crippen LogP contribution in [-0.4, -0.2) is 17.4 Å². The highest BCUT2D eigenvalue weighted by molar-refractivity contribution is 5.98. The van der Waals surface area contributed by atoms with E-state index in [2.05, 4.69) is 17.2 Å². The lowest BCUT2D eigenvalue weighted by atomic mass is 10.1. The van der Waals surface area contributed by atoms with Gasteiger partial charge in [0.1, 0.15) is 11.4 Å². The van der Waals surface area contributed by atoms with Gasteiger partial charge in [0.25, 0.3) is 11.6 Å². The third-order valence-corrected chi connectivity index (χ3v) is 1.91. The van der Waals surface area contributed by atoms with Crippen molar-refractivity contribution in [3.05, 3.63) is 39.7 Å². The minimum Gasteiger partial charge on any atom is -0.341 e. The van der Waals surface area contributed by atoms with Crippen molar-refractivity contribution in [2.24, 2.45) is 0 Å². The molecule has 0 bridgehead atoms. The van der Waals surface area contributed by atoms with Crippen LogP contribution in [0.15, 0.2) is 18.2 Å². The minimum absolute atomic E-state index is 0.0585. The standard InChI is InChI=1S/C11H9FN2O3/c1-2-3-6-13-11(15)9-7-8(12)4-5-10(9)14(16)17/h4-5,7H,6H2,1H3,(H,13,15). The second-order valence-corrected chi connectivity index (χ2v) is 3.03. The third kappa shape index (κ3) is 3.28. The zero-order valence-corrected chi connectivity index (χ0v) is 8.99. The molecule has 1 amide bonds. The molecular formula is C11H9FN2O3. The summed E-state index contributed by atoms with van der Waals surface area (Å²) >= 11 is 0. The van der Waals surface area contributed by atoms with Crippen LogP contribution in [0, 0.1) is 27.8 Å². The lowest BCUT2D eigenvalue weighted by Gasteiger charge is -2.02. The van der Waals surface area contributed by atoms with Gasteiger partial charge in [0.15, 0.2) is 0 Å². The number of rotatable bonds is 3. The molecule has 0 heterocycles. The predicted molar refractivity (Wildman–Crippen MR) is 58.8 cm³/mol. The van der Waals surface area contributed by atoms with Crippen molar-refractivity contribution >= 4 is 11.6 Å². The van der Waals surface area contributed by atoms with Crippen LogP contribution in [0.4, 0.5) is 10.1 Å². The highest BCUT2D eigenvalue weighted by Crippen LogP contribution is 2.19. The fourth-order valence-corrected chi connectivity index (χ4v) is 1.16. The van der Waals surface area contributed by atoms with Crippen LogP contribution in [0.2, 0.25) is 0 Å². The molecule has 0 spiro atoms. The van der Waals surface area contributed by atoms with Gasteiger partial charge >= 0.3 is 0 Å². The van der Waals surface area contributed by atoms with Crippen LogP contribution in [-0.2, 0) is 0 Å². The Balaban J connectivity index is 3.01. The van der Waals surface area contributed by atoms with Crippen molar-refractivity contribution in [3.8, 4) is 11.8 Å². The second kappa shape index (κ2) is 5.61. The Labute approximate surface area is 96.8 Å². The van der Waals surface area contributed by atoms with Gasteiger partial charge in [0, 0.05) is 6.07 Å². The van der Waals surface area contributed by atoms with E-state index in [9.17, 15) is 19.3 Å². The van der Waals surface area contributed by atoms with Crippen LogP contribution in [0.1, 0.15) is 17.3 Å². The maximum absolute atomic E-state index is 12.9. The normalized spacial score (nSPS) is 9.06. The first-order chi connectivity index (χ1) is 8.06. The van der Waals surface area contributed by atoms with Gasteiger partial charge in [-0.05, 0) is 19.1 Å². The van der Waals surface area contributed by atoms with E-state index in [1.54, 1.807) is 6.92 Å². The first-order valence-corrected chi connectivity index (χ1v) is 4.68. The number of nitro benzene ring substituents is 1. The van der Waals surface area contributed by atoms with Gasteiger partial charge in [-0.25, -0.2) is 4.39 Å². The number of halogens is 1. The number of nitrogens with one attached hydrogen (secondary N) is 1. The number of nitrogens with zero attached hydrogens (tertiary/aromatic N) is 1. The number of amides is 1. The molecule has 0 unspecified atom stereocenters. The van der Waals surface area contributed by atoms with E-state index in [1.165, 1.54) is 0 Å². The van der Waals surface area contributed by atoms with Crippen LogP contribution >= 0.6 is 0 Å². The Bertz CT molecular complexity index is 517. The van der Waals surface area contributed by atoms with Crippen molar-refractivity contribution in [1.29, 1.82) is 0 Å². The molecule has 0 aliphatic heterocycles. The first-order valence-electron chi connectivity index (χ1n) is 4.68. The van der Waals surface area contributed by atoms with Crippen molar-refractivity contribution in [2.45, 2.75) is 6.92 Å². The number of nitro groups is 1. The molecule has 88 valence electrons. The molecule has 0 saturated carbocycles. The monoisotopic (exact) mass is 236 g/mol. The van der Waals surface area contributed by atoms with Gasteiger partial charge in [-0.2, -0.15) is 0 Å². The SMILES string of the molecule is CC#CCNC(=O)c1cc(F)ccc1[N+](=O)[O-]. The van der Waals surface area contributed by atoms with E-state index in [-0.39, 0.29) is 12.1 Å². The fourth-order valence-electron chi connectivity index (χ4n) is 1.16. The van der Waals surface area contributed by atoms with Crippen molar-refractivity contribution in [1.82, 2.24) is 5.32 Å².